The molecule has 0 saturated carbocycles. The summed E-state index contributed by atoms with van der Waals surface area (Å²) in [5.74, 6) is -2.05. The summed E-state index contributed by atoms with van der Waals surface area (Å²) in [4.78, 5) is 11.7. The third-order valence-corrected chi connectivity index (χ3v) is 4.29. The lowest BCUT2D eigenvalue weighted by Gasteiger charge is -2.17. The van der Waals surface area contributed by atoms with Gasteiger partial charge in [-0.1, -0.05) is 0 Å². The number of hydrogen-bond donors (Lipinski definition) is 1. The minimum Gasteiger partial charge on any atom is -0.348 e. The lowest BCUT2D eigenvalue weighted by molar-refractivity contribution is -0.121. The fourth-order valence-electron chi connectivity index (χ4n) is 1.45. The molecule has 0 fully saturated rings. The lowest BCUT2D eigenvalue weighted by Crippen LogP contribution is -2.38. The monoisotopic (exact) mass is 291 g/mol. The van der Waals surface area contributed by atoms with E-state index in [-0.39, 0.29) is 5.56 Å². The van der Waals surface area contributed by atoms with Crippen LogP contribution < -0.4 is 5.32 Å². The molecule has 106 valence electrons. The van der Waals surface area contributed by atoms with E-state index in [0.29, 0.717) is 0 Å². The number of carbonyl (C=O) groups is 1. The number of amides is 1. The molecule has 0 aromatic heterocycles. The summed E-state index contributed by atoms with van der Waals surface area (Å²) in [5.41, 5.74) is -0.0333. The molecular formula is C12H15F2NO3S. The fraction of sp³-hybridized carbons (Fsp3) is 0.417. The Morgan fingerprint density at radius 2 is 1.84 bits per heavy atom. The topological polar surface area (TPSA) is 63.2 Å². The van der Waals surface area contributed by atoms with Crippen LogP contribution in [0.1, 0.15) is 25.5 Å². The zero-order valence-electron chi connectivity index (χ0n) is 10.8. The maximum Gasteiger partial charge on any atom is 0.238 e. The number of nitrogens with one attached hydrogen (secondary N) is 1. The molecule has 0 aliphatic rings. The molecule has 2 atom stereocenters. The van der Waals surface area contributed by atoms with Crippen molar-refractivity contribution in [1.29, 1.82) is 0 Å². The molecule has 0 spiro atoms. The van der Waals surface area contributed by atoms with Crippen LogP contribution in [0.15, 0.2) is 18.2 Å². The van der Waals surface area contributed by atoms with Crippen molar-refractivity contribution >= 4 is 15.7 Å². The first kappa shape index (κ1) is 15.6. The van der Waals surface area contributed by atoms with E-state index in [1.54, 1.807) is 0 Å². The predicted molar refractivity (Wildman–Crippen MR) is 67.2 cm³/mol. The van der Waals surface area contributed by atoms with Crippen LogP contribution in [0.3, 0.4) is 0 Å². The Hall–Kier alpha value is -1.50. The van der Waals surface area contributed by atoms with Crippen LogP contribution in [-0.4, -0.2) is 25.8 Å². The minimum atomic E-state index is -3.53. The second-order valence-electron chi connectivity index (χ2n) is 4.37. The van der Waals surface area contributed by atoms with E-state index in [1.165, 1.54) is 13.8 Å². The molecule has 0 aliphatic carbocycles. The molecule has 19 heavy (non-hydrogen) atoms. The van der Waals surface area contributed by atoms with Crippen molar-refractivity contribution < 1.29 is 22.0 Å². The fourth-order valence-corrected chi connectivity index (χ4v) is 1.91. The van der Waals surface area contributed by atoms with Gasteiger partial charge in [0.2, 0.25) is 5.91 Å². The number of hydrogen-bond acceptors (Lipinski definition) is 3. The number of sulfone groups is 1. The Labute approximate surface area is 110 Å². The van der Waals surface area contributed by atoms with E-state index in [0.717, 1.165) is 24.5 Å². The standard InChI is InChI=1S/C12H15F2NO3S/c1-7(10-6-9(13)4-5-11(10)14)15-12(16)8(2)19(3,17)18/h4-8H,1-3H3,(H,15,16)/t7-,8-/m0/s1. The number of benzene rings is 1. The van der Waals surface area contributed by atoms with E-state index in [1.807, 2.05) is 0 Å². The molecule has 0 radical (unpaired) electrons. The van der Waals surface area contributed by atoms with Crippen molar-refractivity contribution in [2.45, 2.75) is 25.1 Å². The highest BCUT2D eigenvalue weighted by Gasteiger charge is 2.25. The highest BCUT2D eigenvalue weighted by molar-refractivity contribution is 7.92. The van der Waals surface area contributed by atoms with Crippen molar-refractivity contribution in [3.8, 4) is 0 Å². The molecule has 0 aliphatic heterocycles. The van der Waals surface area contributed by atoms with Gasteiger partial charge < -0.3 is 5.32 Å². The van der Waals surface area contributed by atoms with E-state index in [9.17, 15) is 22.0 Å². The van der Waals surface area contributed by atoms with Crippen LogP contribution in [0.2, 0.25) is 0 Å². The van der Waals surface area contributed by atoms with Crippen molar-refractivity contribution in [2.24, 2.45) is 0 Å². The summed E-state index contributed by atoms with van der Waals surface area (Å²) in [6.07, 6.45) is 0.935. The molecule has 7 heteroatoms. The quantitative estimate of drug-likeness (QED) is 0.916. The molecule has 1 rings (SSSR count). The summed E-state index contributed by atoms with van der Waals surface area (Å²) in [6, 6.07) is 2.05. The van der Waals surface area contributed by atoms with Gasteiger partial charge in [0.05, 0.1) is 6.04 Å². The number of rotatable bonds is 4. The van der Waals surface area contributed by atoms with E-state index < -0.39 is 38.7 Å². The van der Waals surface area contributed by atoms with Crippen molar-refractivity contribution in [2.75, 3.05) is 6.26 Å². The van der Waals surface area contributed by atoms with Gasteiger partial charge in [-0.3, -0.25) is 4.79 Å². The normalized spacial score (nSPS) is 14.8. The highest BCUT2D eigenvalue weighted by Crippen LogP contribution is 2.18. The van der Waals surface area contributed by atoms with Crippen molar-refractivity contribution in [3.05, 3.63) is 35.4 Å². The maximum atomic E-state index is 13.5. The second-order valence-corrected chi connectivity index (χ2v) is 6.73. The molecular weight excluding hydrogens is 276 g/mol. The zero-order chi connectivity index (χ0) is 14.8. The van der Waals surface area contributed by atoms with Gasteiger partial charge in [-0.2, -0.15) is 0 Å². The zero-order valence-corrected chi connectivity index (χ0v) is 11.6. The summed E-state index contributed by atoms with van der Waals surface area (Å²) >= 11 is 0. The van der Waals surface area contributed by atoms with Gasteiger partial charge >= 0.3 is 0 Å². The van der Waals surface area contributed by atoms with Crippen LogP contribution in [0.25, 0.3) is 0 Å². The Bertz CT molecular complexity index is 587. The summed E-state index contributed by atoms with van der Waals surface area (Å²) in [6.45, 7) is 2.68. The molecule has 4 nitrogen and oxygen atoms in total. The average Bonchev–Trinajstić information content (AvgIpc) is 2.29. The number of halogens is 2. The smallest absolute Gasteiger partial charge is 0.238 e. The number of carbonyl (C=O) groups excluding carboxylic acids is 1. The second kappa shape index (κ2) is 5.64. The molecule has 1 amide bonds. The molecule has 0 saturated heterocycles. The molecule has 0 bridgehead atoms. The van der Waals surface area contributed by atoms with Gasteiger partial charge in [0.25, 0.3) is 0 Å². The minimum absolute atomic E-state index is 0.0333. The largest absolute Gasteiger partial charge is 0.348 e. The maximum absolute atomic E-state index is 13.5. The van der Waals surface area contributed by atoms with Crippen LogP contribution in [0.4, 0.5) is 8.78 Å². The van der Waals surface area contributed by atoms with Gasteiger partial charge in [-0.15, -0.1) is 0 Å². The third kappa shape index (κ3) is 3.99. The van der Waals surface area contributed by atoms with Crippen molar-refractivity contribution in [3.63, 3.8) is 0 Å². The van der Waals surface area contributed by atoms with E-state index in [4.69, 9.17) is 0 Å². The van der Waals surface area contributed by atoms with Gasteiger partial charge in [0, 0.05) is 11.8 Å². The average molecular weight is 291 g/mol. The van der Waals surface area contributed by atoms with Gasteiger partial charge in [-0.25, -0.2) is 17.2 Å². The van der Waals surface area contributed by atoms with Crippen LogP contribution in [0, 0.1) is 11.6 Å². The van der Waals surface area contributed by atoms with Crippen LogP contribution in [-0.2, 0) is 14.6 Å². The van der Waals surface area contributed by atoms with Gasteiger partial charge in [0.1, 0.15) is 16.9 Å². The Morgan fingerprint density at radius 3 is 2.37 bits per heavy atom. The van der Waals surface area contributed by atoms with Crippen LogP contribution >= 0.6 is 0 Å². The Kier molecular flexibility index (Phi) is 4.62. The molecule has 0 heterocycles. The summed E-state index contributed by atoms with van der Waals surface area (Å²) in [7, 11) is -3.53. The first-order valence-electron chi connectivity index (χ1n) is 5.57. The first-order valence-corrected chi connectivity index (χ1v) is 7.52. The SMILES string of the molecule is C[C@H](NC(=O)[C@H](C)S(C)(=O)=O)c1cc(F)ccc1F. The molecule has 1 aromatic rings. The molecule has 1 N–H and O–H groups in total. The van der Waals surface area contributed by atoms with E-state index >= 15 is 0 Å². The van der Waals surface area contributed by atoms with Crippen LogP contribution in [0.5, 0.6) is 0 Å². The van der Waals surface area contributed by atoms with Gasteiger partial charge in [-0.05, 0) is 32.0 Å². The van der Waals surface area contributed by atoms with Crippen molar-refractivity contribution in [1.82, 2.24) is 5.32 Å². The summed E-state index contributed by atoms with van der Waals surface area (Å²) < 4.78 is 48.9. The molecule has 0 unspecified atom stereocenters. The highest BCUT2D eigenvalue weighted by atomic mass is 32.2. The Balaban J connectivity index is 2.88. The predicted octanol–water partition coefficient (Wildman–Crippen LogP) is 1.58. The van der Waals surface area contributed by atoms with E-state index in [2.05, 4.69) is 5.32 Å². The Morgan fingerprint density at radius 1 is 1.26 bits per heavy atom. The molecule has 1 aromatic carbocycles. The first-order chi connectivity index (χ1) is 8.62. The van der Waals surface area contributed by atoms with Gasteiger partial charge in [0.15, 0.2) is 9.84 Å². The summed E-state index contributed by atoms with van der Waals surface area (Å²) in [5, 5.41) is 1.10. The lowest BCUT2D eigenvalue weighted by atomic mass is 10.1. The third-order valence-electron chi connectivity index (χ3n) is 2.79.